The molecule has 0 bridgehead atoms. The monoisotopic (exact) mass is 523 g/mol. The zero-order valence-corrected chi connectivity index (χ0v) is 19.9. The zero-order chi connectivity index (χ0) is 23.4. The van der Waals surface area contributed by atoms with E-state index in [-0.39, 0.29) is 23.6 Å². The van der Waals surface area contributed by atoms with Gasteiger partial charge >= 0.3 is 0 Å². The van der Waals surface area contributed by atoms with E-state index < -0.39 is 0 Å². The molecule has 7 heteroatoms. The molecule has 4 nitrogen and oxygen atoms in total. The minimum absolute atomic E-state index is 0.0741. The summed E-state index contributed by atoms with van der Waals surface area (Å²) >= 11 is 4.43. The van der Waals surface area contributed by atoms with Crippen LogP contribution in [0, 0.1) is 5.82 Å². The lowest BCUT2D eigenvalue weighted by molar-refractivity contribution is -0.113. The van der Waals surface area contributed by atoms with E-state index in [2.05, 4.69) is 22.5 Å². The number of hydrogen-bond acceptors (Lipinski definition) is 4. The number of thioether (sulfide) groups is 1. The Hall–Kier alpha value is -3.16. The minimum Gasteiger partial charge on any atom is -0.487 e. The number of amides is 2. The maximum atomic E-state index is 14.0. The van der Waals surface area contributed by atoms with Gasteiger partial charge in [0.1, 0.15) is 18.2 Å². The molecular formula is C26H19BrFNO3S. The molecule has 3 aromatic carbocycles. The first kappa shape index (κ1) is 23.0. The van der Waals surface area contributed by atoms with Crippen LogP contribution < -0.4 is 9.64 Å². The van der Waals surface area contributed by atoms with E-state index in [1.165, 1.54) is 11.0 Å². The fourth-order valence-corrected chi connectivity index (χ4v) is 4.88. The van der Waals surface area contributed by atoms with Crippen LogP contribution in [0.4, 0.5) is 14.9 Å². The number of ether oxygens (including phenoxy) is 1. The second kappa shape index (κ2) is 10.2. The number of allylic oxidation sites excluding steroid dienone is 1. The molecule has 1 saturated heterocycles. The fraction of sp³-hybridized carbons (Fsp3) is 0.0769. The molecule has 0 saturated carbocycles. The second-order valence-corrected chi connectivity index (χ2v) is 9.06. The first-order chi connectivity index (χ1) is 16.0. The van der Waals surface area contributed by atoms with Crippen LogP contribution in [0.3, 0.4) is 0 Å². The van der Waals surface area contributed by atoms with Crippen molar-refractivity contribution >= 4 is 50.6 Å². The van der Waals surface area contributed by atoms with Gasteiger partial charge in [-0.2, -0.15) is 0 Å². The van der Waals surface area contributed by atoms with Gasteiger partial charge in [0.25, 0.3) is 11.1 Å². The Morgan fingerprint density at radius 2 is 1.76 bits per heavy atom. The fourth-order valence-electron chi connectivity index (χ4n) is 3.41. The number of hydrogen-bond donors (Lipinski definition) is 0. The third-order valence-corrected chi connectivity index (χ3v) is 6.40. The standard InChI is InChI=1S/C26H19BrFNO3S/c1-2-8-18-13-17(14-21(27)24(18)32-16-19-9-6-7-12-22(19)28)15-23-25(30)29(26(31)33-23)20-10-4-3-5-11-20/h2-7,9-15H,1,8,16H2/b23-15-. The highest BCUT2D eigenvalue weighted by atomic mass is 79.9. The number of nitrogens with zero attached hydrogens (tertiary/aromatic N) is 1. The molecule has 0 radical (unpaired) electrons. The lowest BCUT2D eigenvalue weighted by Gasteiger charge is -2.14. The molecule has 166 valence electrons. The van der Waals surface area contributed by atoms with Gasteiger partial charge in [0, 0.05) is 5.56 Å². The van der Waals surface area contributed by atoms with Crippen LogP contribution in [-0.4, -0.2) is 11.1 Å². The highest BCUT2D eigenvalue weighted by molar-refractivity contribution is 9.10. The van der Waals surface area contributed by atoms with Crippen LogP contribution in [0.25, 0.3) is 6.08 Å². The van der Waals surface area contributed by atoms with Gasteiger partial charge in [-0.15, -0.1) is 6.58 Å². The molecule has 0 unspecified atom stereocenters. The van der Waals surface area contributed by atoms with Gasteiger partial charge in [0.05, 0.1) is 15.1 Å². The van der Waals surface area contributed by atoms with Crippen LogP contribution in [0.1, 0.15) is 16.7 Å². The number of halogens is 2. The predicted octanol–water partition coefficient (Wildman–Crippen LogP) is 7.14. The summed E-state index contributed by atoms with van der Waals surface area (Å²) in [5.74, 6) is -0.116. The third kappa shape index (κ3) is 5.10. The van der Waals surface area contributed by atoms with Crippen molar-refractivity contribution in [1.29, 1.82) is 0 Å². The summed E-state index contributed by atoms with van der Waals surface area (Å²) in [5.41, 5.74) is 2.54. The van der Waals surface area contributed by atoms with E-state index in [1.54, 1.807) is 60.7 Å². The lowest BCUT2D eigenvalue weighted by atomic mass is 10.1. The molecule has 0 aromatic heterocycles. The molecule has 3 aromatic rings. The van der Waals surface area contributed by atoms with Crippen molar-refractivity contribution in [3.05, 3.63) is 111 Å². The van der Waals surface area contributed by atoms with Crippen molar-refractivity contribution in [2.24, 2.45) is 0 Å². The van der Waals surface area contributed by atoms with Crippen LogP contribution in [0.2, 0.25) is 0 Å². The molecule has 33 heavy (non-hydrogen) atoms. The van der Waals surface area contributed by atoms with Crippen molar-refractivity contribution in [3.8, 4) is 5.75 Å². The number of imide groups is 1. The van der Waals surface area contributed by atoms with Gasteiger partial charge in [0.15, 0.2) is 0 Å². The summed E-state index contributed by atoms with van der Waals surface area (Å²) in [6.45, 7) is 3.88. The molecule has 0 N–H and O–H groups in total. The molecule has 4 rings (SSSR count). The van der Waals surface area contributed by atoms with Crippen molar-refractivity contribution < 1.29 is 18.7 Å². The van der Waals surface area contributed by atoms with Crippen LogP contribution >= 0.6 is 27.7 Å². The van der Waals surface area contributed by atoms with Crippen LogP contribution in [0.15, 0.2) is 88.8 Å². The molecule has 2 amide bonds. The average Bonchev–Trinajstić information content (AvgIpc) is 3.07. The zero-order valence-electron chi connectivity index (χ0n) is 17.5. The highest BCUT2D eigenvalue weighted by Gasteiger charge is 2.36. The second-order valence-electron chi connectivity index (χ2n) is 7.22. The Morgan fingerprint density at radius 1 is 1.03 bits per heavy atom. The van der Waals surface area contributed by atoms with E-state index in [0.29, 0.717) is 32.8 Å². The summed E-state index contributed by atoms with van der Waals surface area (Å²) in [6.07, 6.45) is 3.94. The van der Waals surface area contributed by atoms with E-state index >= 15 is 0 Å². The summed E-state index contributed by atoms with van der Waals surface area (Å²) in [5, 5.41) is -0.340. The molecule has 0 aliphatic carbocycles. The Morgan fingerprint density at radius 3 is 2.48 bits per heavy atom. The Balaban J connectivity index is 1.62. The summed E-state index contributed by atoms with van der Waals surface area (Å²) < 4.78 is 20.6. The summed E-state index contributed by atoms with van der Waals surface area (Å²) in [7, 11) is 0. The van der Waals surface area contributed by atoms with E-state index in [0.717, 1.165) is 22.9 Å². The molecule has 1 heterocycles. The van der Waals surface area contributed by atoms with Crippen molar-refractivity contribution in [3.63, 3.8) is 0 Å². The molecular weight excluding hydrogens is 505 g/mol. The maximum absolute atomic E-state index is 14.0. The van der Waals surface area contributed by atoms with Crippen molar-refractivity contribution in [2.75, 3.05) is 4.90 Å². The molecule has 1 aliphatic rings. The number of benzene rings is 3. The van der Waals surface area contributed by atoms with Gasteiger partial charge in [-0.05, 0) is 81.6 Å². The van der Waals surface area contributed by atoms with Crippen LogP contribution in [0.5, 0.6) is 5.75 Å². The Labute approximate surface area is 203 Å². The number of rotatable bonds is 7. The first-order valence-corrected chi connectivity index (χ1v) is 11.7. The van der Waals surface area contributed by atoms with E-state index in [1.807, 2.05) is 12.1 Å². The Kier molecular flexibility index (Phi) is 7.11. The lowest BCUT2D eigenvalue weighted by Crippen LogP contribution is -2.27. The molecule has 1 fully saturated rings. The van der Waals surface area contributed by atoms with Crippen molar-refractivity contribution in [2.45, 2.75) is 13.0 Å². The van der Waals surface area contributed by atoms with Gasteiger partial charge in [-0.1, -0.05) is 42.5 Å². The average molecular weight is 524 g/mol. The summed E-state index contributed by atoms with van der Waals surface area (Å²) in [6, 6.07) is 19.0. The summed E-state index contributed by atoms with van der Waals surface area (Å²) in [4.78, 5) is 26.9. The van der Waals surface area contributed by atoms with E-state index in [4.69, 9.17) is 4.74 Å². The third-order valence-electron chi connectivity index (χ3n) is 4.94. The van der Waals surface area contributed by atoms with Gasteiger partial charge in [-0.3, -0.25) is 9.59 Å². The topological polar surface area (TPSA) is 46.6 Å². The number of carbonyl (C=O) groups is 2. The Bertz CT molecular complexity index is 1260. The first-order valence-electron chi connectivity index (χ1n) is 10.1. The van der Waals surface area contributed by atoms with Crippen LogP contribution in [-0.2, 0) is 17.8 Å². The SMILES string of the molecule is C=CCc1cc(/C=C2\SC(=O)N(c3ccccc3)C2=O)cc(Br)c1OCc1ccccc1F. The predicted molar refractivity (Wildman–Crippen MR) is 134 cm³/mol. The normalized spacial score (nSPS) is 14.7. The smallest absolute Gasteiger partial charge is 0.298 e. The van der Waals surface area contributed by atoms with Gasteiger partial charge in [0.2, 0.25) is 0 Å². The maximum Gasteiger partial charge on any atom is 0.298 e. The number of carbonyl (C=O) groups excluding carboxylic acids is 2. The highest BCUT2D eigenvalue weighted by Crippen LogP contribution is 2.38. The number of anilines is 1. The molecule has 1 aliphatic heterocycles. The van der Waals surface area contributed by atoms with Crippen molar-refractivity contribution in [1.82, 2.24) is 0 Å². The minimum atomic E-state index is -0.363. The largest absolute Gasteiger partial charge is 0.487 e. The molecule has 0 spiro atoms. The number of para-hydroxylation sites is 1. The quantitative estimate of drug-likeness (QED) is 0.244. The van der Waals surface area contributed by atoms with Gasteiger partial charge < -0.3 is 4.74 Å². The van der Waals surface area contributed by atoms with E-state index in [9.17, 15) is 14.0 Å². The van der Waals surface area contributed by atoms with Gasteiger partial charge in [-0.25, -0.2) is 9.29 Å². The molecule has 0 atom stereocenters.